The maximum absolute atomic E-state index is 11.9. The summed E-state index contributed by atoms with van der Waals surface area (Å²) < 4.78 is 10.7. The highest BCUT2D eigenvalue weighted by Gasteiger charge is 2.22. The van der Waals surface area contributed by atoms with Gasteiger partial charge in [0.15, 0.2) is 0 Å². The number of carbonyl (C=O) groups is 1. The van der Waals surface area contributed by atoms with Gasteiger partial charge in [-0.25, -0.2) is 4.79 Å². The Morgan fingerprint density at radius 1 is 1.40 bits per heavy atom. The van der Waals surface area contributed by atoms with Crippen molar-refractivity contribution in [2.45, 2.75) is 20.5 Å². The van der Waals surface area contributed by atoms with Crippen molar-refractivity contribution in [1.82, 2.24) is 4.98 Å². The van der Waals surface area contributed by atoms with Crippen LogP contribution in [-0.2, 0) is 11.3 Å². The molecular formula is C16H15NO3. The van der Waals surface area contributed by atoms with Gasteiger partial charge >= 0.3 is 5.97 Å². The van der Waals surface area contributed by atoms with Gasteiger partial charge in [0, 0.05) is 11.1 Å². The molecule has 4 heteroatoms. The summed E-state index contributed by atoms with van der Waals surface area (Å²) >= 11 is 0. The molecule has 102 valence electrons. The van der Waals surface area contributed by atoms with Crippen LogP contribution in [0.2, 0.25) is 0 Å². The fraction of sp³-hybridized carbons (Fsp3) is 0.250. The molecule has 0 unspecified atom stereocenters. The SMILES string of the molecule is CCOC(=O)c1cc2c(nc1C)-c1ccccc1OC2. The third kappa shape index (κ3) is 2.03. The monoisotopic (exact) mass is 269 g/mol. The molecule has 0 saturated heterocycles. The van der Waals surface area contributed by atoms with Gasteiger partial charge in [-0.1, -0.05) is 12.1 Å². The zero-order valence-electron chi connectivity index (χ0n) is 11.5. The fourth-order valence-corrected chi connectivity index (χ4v) is 2.35. The molecule has 0 fully saturated rings. The molecule has 1 aromatic carbocycles. The van der Waals surface area contributed by atoms with Crippen LogP contribution >= 0.6 is 0 Å². The molecule has 1 aromatic heterocycles. The molecule has 0 radical (unpaired) electrons. The fourth-order valence-electron chi connectivity index (χ4n) is 2.35. The van der Waals surface area contributed by atoms with E-state index in [0.29, 0.717) is 24.5 Å². The Morgan fingerprint density at radius 2 is 2.20 bits per heavy atom. The number of para-hydroxylation sites is 1. The first-order chi connectivity index (χ1) is 9.70. The summed E-state index contributed by atoms with van der Waals surface area (Å²) in [5.41, 5.74) is 3.95. The predicted molar refractivity (Wildman–Crippen MR) is 74.7 cm³/mol. The topological polar surface area (TPSA) is 48.4 Å². The number of benzene rings is 1. The molecule has 2 aromatic rings. The maximum atomic E-state index is 11.9. The van der Waals surface area contributed by atoms with Crippen LogP contribution in [0.5, 0.6) is 5.75 Å². The van der Waals surface area contributed by atoms with E-state index in [9.17, 15) is 4.79 Å². The highest BCUT2D eigenvalue weighted by atomic mass is 16.5. The largest absolute Gasteiger partial charge is 0.488 e. The maximum Gasteiger partial charge on any atom is 0.339 e. The van der Waals surface area contributed by atoms with Crippen molar-refractivity contribution in [3.8, 4) is 17.0 Å². The summed E-state index contributed by atoms with van der Waals surface area (Å²) in [6.07, 6.45) is 0. The molecule has 1 aliphatic heterocycles. The second-order valence-electron chi connectivity index (χ2n) is 4.63. The van der Waals surface area contributed by atoms with Gasteiger partial charge in [-0.05, 0) is 32.0 Å². The Balaban J connectivity index is 2.10. The van der Waals surface area contributed by atoms with Crippen LogP contribution in [0.4, 0.5) is 0 Å². The quantitative estimate of drug-likeness (QED) is 0.786. The number of aromatic nitrogens is 1. The van der Waals surface area contributed by atoms with E-state index in [1.54, 1.807) is 6.92 Å². The van der Waals surface area contributed by atoms with Crippen molar-refractivity contribution >= 4 is 5.97 Å². The number of fused-ring (bicyclic) bond motifs is 3. The number of aryl methyl sites for hydroxylation is 1. The number of ether oxygens (including phenoxy) is 2. The average Bonchev–Trinajstić information content (AvgIpc) is 2.46. The molecule has 0 amide bonds. The van der Waals surface area contributed by atoms with E-state index in [1.165, 1.54) is 0 Å². The van der Waals surface area contributed by atoms with Crippen LogP contribution in [0, 0.1) is 6.92 Å². The second-order valence-corrected chi connectivity index (χ2v) is 4.63. The number of hydrogen-bond donors (Lipinski definition) is 0. The molecule has 1 aliphatic rings. The predicted octanol–water partition coefficient (Wildman–Crippen LogP) is 3.13. The first-order valence-electron chi connectivity index (χ1n) is 6.60. The zero-order chi connectivity index (χ0) is 14.1. The van der Waals surface area contributed by atoms with Gasteiger partial charge in [-0.15, -0.1) is 0 Å². The number of esters is 1. The molecule has 2 heterocycles. The molecule has 0 atom stereocenters. The van der Waals surface area contributed by atoms with Crippen molar-refractivity contribution in [3.63, 3.8) is 0 Å². The number of carbonyl (C=O) groups excluding carboxylic acids is 1. The van der Waals surface area contributed by atoms with E-state index in [2.05, 4.69) is 4.98 Å². The van der Waals surface area contributed by atoms with E-state index in [4.69, 9.17) is 9.47 Å². The third-order valence-electron chi connectivity index (χ3n) is 3.31. The van der Waals surface area contributed by atoms with E-state index < -0.39 is 0 Å². The molecule has 0 bridgehead atoms. The smallest absolute Gasteiger partial charge is 0.339 e. The summed E-state index contributed by atoms with van der Waals surface area (Å²) in [5.74, 6) is 0.495. The van der Waals surface area contributed by atoms with Crippen LogP contribution in [0.25, 0.3) is 11.3 Å². The summed E-state index contributed by atoms with van der Waals surface area (Å²) in [5, 5.41) is 0. The van der Waals surface area contributed by atoms with E-state index in [0.717, 1.165) is 22.6 Å². The highest BCUT2D eigenvalue weighted by molar-refractivity contribution is 5.91. The first kappa shape index (κ1) is 12.7. The van der Waals surface area contributed by atoms with Gasteiger partial charge in [-0.2, -0.15) is 0 Å². The van der Waals surface area contributed by atoms with Crippen LogP contribution < -0.4 is 4.74 Å². The van der Waals surface area contributed by atoms with Crippen LogP contribution in [0.15, 0.2) is 30.3 Å². The lowest BCUT2D eigenvalue weighted by atomic mass is 10.00. The van der Waals surface area contributed by atoms with Crippen LogP contribution in [0.3, 0.4) is 0 Å². The van der Waals surface area contributed by atoms with Crippen molar-refractivity contribution in [2.75, 3.05) is 6.61 Å². The van der Waals surface area contributed by atoms with E-state index in [1.807, 2.05) is 37.3 Å². The van der Waals surface area contributed by atoms with Crippen LogP contribution in [-0.4, -0.2) is 17.6 Å². The molecule has 0 N–H and O–H groups in total. The molecule has 20 heavy (non-hydrogen) atoms. The lowest BCUT2D eigenvalue weighted by Crippen LogP contribution is -2.13. The van der Waals surface area contributed by atoms with Gasteiger partial charge in [0.25, 0.3) is 0 Å². The van der Waals surface area contributed by atoms with Gasteiger partial charge in [-0.3, -0.25) is 4.98 Å². The van der Waals surface area contributed by atoms with Crippen molar-refractivity contribution in [2.24, 2.45) is 0 Å². The standard InChI is InChI=1S/C16H15NO3/c1-3-19-16(18)13-8-11-9-20-14-7-5-4-6-12(14)15(11)17-10(13)2/h4-8H,3,9H2,1-2H3. The Hall–Kier alpha value is -2.36. The van der Waals surface area contributed by atoms with E-state index in [-0.39, 0.29) is 5.97 Å². The Labute approximate surface area is 117 Å². The summed E-state index contributed by atoms with van der Waals surface area (Å²) in [6, 6.07) is 9.61. The summed E-state index contributed by atoms with van der Waals surface area (Å²) in [4.78, 5) is 16.5. The molecule has 0 spiro atoms. The van der Waals surface area contributed by atoms with Gasteiger partial charge in [0.1, 0.15) is 12.4 Å². The van der Waals surface area contributed by atoms with Gasteiger partial charge < -0.3 is 9.47 Å². The average molecular weight is 269 g/mol. The number of pyridine rings is 1. The Bertz CT molecular complexity index is 679. The first-order valence-corrected chi connectivity index (χ1v) is 6.60. The van der Waals surface area contributed by atoms with Gasteiger partial charge in [0.2, 0.25) is 0 Å². The lowest BCUT2D eigenvalue weighted by molar-refractivity contribution is 0.0524. The minimum absolute atomic E-state index is 0.334. The third-order valence-corrected chi connectivity index (χ3v) is 3.31. The molecule has 4 nitrogen and oxygen atoms in total. The lowest BCUT2D eigenvalue weighted by Gasteiger charge is -2.21. The van der Waals surface area contributed by atoms with Crippen molar-refractivity contribution in [1.29, 1.82) is 0 Å². The van der Waals surface area contributed by atoms with Crippen molar-refractivity contribution < 1.29 is 14.3 Å². The van der Waals surface area contributed by atoms with Crippen molar-refractivity contribution in [3.05, 3.63) is 47.2 Å². The zero-order valence-corrected chi connectivity index (χ0v) is 11.5. The number of nitrogens with zero attached hydrogens (tertiary/aromatic N) is 1. The minimum Gasteiger partial charge on any atom is -0.488 e. The second kappa shape index (κ2) is 4.96. The molecule has 0 saturated carbocycles. The molecular weight excluding hydrogens is 254 g/mol. The highest BCUT2D eigenvalue weighted by Crippen LogP contribution is 2.36. The normalized spacial score (nSPS) is 12.1. The van der Waals surface area contributed by atoms with E-state index >= 15 is 0 Å². The minimum atomic E-state index is -0.334. The molecule has 0 aliphatic carbocycles. The summed E-state index contributed by atoms with van der Waals surface area (Å²) in [6.45, 7) is 4.39. The Morgan fingerprint density at radius 3 is 3.00 bits per heavy atom. The summed E-state index contributed by atoms with van der Waals surface area (Å²) in [7, 11) is 0. The number of hydrogen-bond acceptors (Lipinski definition) is 4. The van der Waals surface area contributed by atoms with Gasteiger partial charge in [0.05, 0.1) is 23.6 Å². The molecule has 3 rings (SSSR count). The van der Waals surface area contributed by atoms with Crippen LogP contribution in [0.1, 0.15) is 28.5 Å². The number of rotatable bonds is 2. The Kier molecular flexibility index (Phi) is 3.14.